The van der Waals surface area contributed by atoms with Gasteiger partial charge in [0.15, 0.2) is 0 Å². The molecule has 0 bridgehead atoms. The zero-order valence-electron chi connectivity index (χ0n) is 12.8. The highest BCUT2D eigenvalue weighted by Crippen LogP contribution is 2.24. The highest BCUT2D eigenvalue weighted by molar-refractivity contribution is 5.36. The Labute approximate surface area is 118 Å². The van der Waals surface area contributed by atoms with Crippen LogP contribution in [0.2, 0.25) is 0 Å². The van der Waals surface area contributed by atoms with Crippen molar-refractivity contribution in [2.75, 3.05) is 13.6 Å². The molecule has 1 rings (SSSR count). The third kappa shape index (κ3) is 5.06. The maximum Gasteiger partial charge on any atom is 0.0555 e. The van der Waals surface area contributed by atoms with Gasteiger partial charge in [-0.3, -0.25) is 4.90 Å². The van der Waals surface area contributed by atoms with Gasteiger partial charge < -0.3 is 5.73 Å². The van der Waals surface area contributed by atoms with Gasteiger partial charge in [0, 0.05) is 18.2 Å². The molecule has 0 saturated heterocycles. The lowest BCUT2D eigenvalue weighted by atomic mass is 9.87. The van der Waals surface area contributed by atoms with E-state index in [1.807, 2.05) is 0 Å². The van der Waals surface area contributed by atoms with Crippen molar-refractivity contribution in [2.45, 2.75) is 40.3 Å². The van der Waals surface area contributed by atoms with Gasteiger partial charge in [0.05, 0.1) is 6.54 Å². The van der Waals surface area contributed by atoms with Crippen LogP contribution in [0.3, 0.4) is 0 Å². The SMILES string of the molecule is CC(N(C)Cc1ccc(C#CCN)cc1)C(C)(C)C. The third-order valence-electron chi connectivity index (χ3n) is 3.64. The molecule has 1 aromatic rings. The molecular formula is C17H26N2. The molecule has 2 N–H and O–H groups in total. The summed E-state index contributed by atoms with van der Waals surface area (Å²) in [5.74, 6) is 5.91. The molecular weight excluding hydrogens is 232 g/mol. The van der Waals surface area contributed by atoms with Crippen LogP contribution in [0.1, 0.15) is 38.8 Å². The van der Waals surface area contributed by atoms with E-state index >= 15 is 0 Å². The van der Waals surface area contributed by atoms with Crippen LogP contribution in [-0.2, 0) is 6.54 Å². The lowest BCUT2D eigenvalue weighted by molar-refractivity contribution is 0.134. The molecule has 0 fully saturated rings. The highest BCUT2D eigenvalue weighted by atomic mass is 15.1. The van der Waals surface area contributed by atoms with Crippen LogP contribution >= 0.6 is 0 Å². The Kier molecular flexibility index (Phi) is 5.60. The number of benzene rings is 1. The Morgan fingerprint density at radius 1 is 1.21 bits per heavy atom. The highest BCUT2D eigenvalue weighted by Gasteiger charge is 2.23. The third-order valence-corrected chi connectivity index (χ3v) is 3.64. The van der Waals surface area contributed by atoms with Crippen molar-refractivity contribution < 1.29 is 0 Å². The first-order chi connectivity index (χ1) is 8.84. The largest absolute Gasteiger partial charge is 0.320 e. The molecule has 2 nitrogen and oxygen atoms in total. The molecule has 2 heteroatoms. The fourth-order valence-corrected chi connectivity index (χ4v) is 1.93. The van der Waals surface area contributed by atoms with Crippen LogP contribution in [0.25, 0.3) is 0 Å². The summed E-state index contributed by atoms with van der Waals surface area (Å²) < 4.78 is 0. The van der Waals surface area contributed by atoms with Crippen molar-refractivity contribution >= 4 is 0 Å². The predicted molar refractivity (Wildman–Crippen MR) is 82.8 cm³/mol. The monoisotopic (exact) mass is 258 g/mol. The summed E-state index contributed by atoms with van der Waals surface area (Å²) in [6, 6.07) is 8.95. The number of hydrogen-bond acceptors (Lipinski definition) is 2. The van der Waals surface area contributed by atoms with E-state index < -0.39 is 0 Å². The van der Waals surface area contributed by atoms with Gasteiger partial charge in [-0.25, -0.2) is 0 Å². The number of nitrogens with zero attached hydrogens (tertiary/aromatic N) is 1. The Morgan fingerprint density at radius 3 is 2.26 bits per heavy atom. The Balaban J connectivity index is 2.68. The van der Waals surface area contributed by atoms with E-state index in [9.17, 15) is 0 Å². The molecule has 0 heterocycles. The summed E-state index contributed by atoms with van der Waals surface area (Å²) in [7, 11) is 2.18. The lowest BCUT2D eigenvalue weighted by Gasteiger charge is -2.35. The summed E-state index contributed by atoms with van der Waals surface area (Å²) in [4.78, 5) is 2.39. The first-order valence-corrected chi connectivity index (χ1v) is 6.82. The molecule has 0 aromatic heterocycles. The molecule has 0 radical (unpaired) electrons. The molecule has 0 aliphatic heterocycles. The van der Waals surface area contributed by atoms with Crippen molar-refractivity contribution in [2.24, 2.45) is 11.1 Å². The van der Waals surface area contributed by atoms with Crippen LogP contribution in [0.5, 0.6) is 0 Å². The van der Waals surface area contributed by atoms with Crippen molar-refractivity contribution in [1.82, 2.24) is 4.90 Å². The smallest absolute Gasteiger partial charge is 0.0555 e. The zero-order chi connectivity index (χ0) is 14.5. The topological polar surface area (TPSA) is 29.3 Å². The zero-order valence-corrected chi connectivity index (χ0v) is 12.8. The molecule has 0 spiro atoms. The second-order valence-electron chi connectivity index (χ2n) is 6.16. The first kappa shape index (κ1) is 15.8. The van der Waals surface area contributed by atoms with E-state index in [1.165, 1.54) is 5.56 Å². The van der Waals surface area contributed by atoms with Crippen LogP contribution in [0.15, 0.2) is 24.3 Å². The van der Waals surface area contributed by atoms with Crippen molar-refractivity contribution in [3.05, 3.63) is 35.4 Å². The van der Waals surface area contributed by atoms with Gasteiger partial charge in [-0.05, 0) is 37.1 Å². The molecule has 19 heavy (non-hydrogen) atoms. The Morgan fingerprint density at radius 2 is 1.79 bits per heavy atom. The Bertz CT molecular complexity index is 443. The molecule has 1 atom stereocenters. The van der Waals surface area contributed by atoms with Gasteiger partial charge in [0.1, 0.15) is 0 Å². The molecule has 1 unspecified atom stereocenters. The molecule has 1 aromatic carbocycles. The van der Waals surface area contributed by atoms with Crippen LogP contribution in [0, 0.1) is 17.3 Å². The summed E-state index contributed by atoms with van der Waals surface area (Å²) >= 11 is 0. The molecule has 0 amide bonds. The van der Waals surface area contributed by atoms with E-state index in [0.717, 1.165) is 12.1 Å². The van der Waals surface area contributed by atoms with E-state index in [0.29, 0.717) is 18.0 Å². The average molecular weight is 258 g/mol. The van der Waals surface area contributed by atoms with E-state index in [1.54, 1.807) is 0 Å². The van der Waals surface area contributed by atoms with Gasteiger partial charge >= 0.3 is 0 Å². The fraction of sp³-hybridized carbons (Fsp3) is 0.529. The standard InChI is InChI=1S/C17H26N2/c1-14(17(2,3)4)19(5)13-16-10-8-15(9-11-16)7-6-12-18/h8-11,14H,12-13,18H2,1-5H3. The van der Waals surface area contributed by atoms with E-state index in [-0.39, 0.29) is 0 Å². The van der Waals surface area contributed by atoms with E-state index in [4.69, 9.17) is 5.73 Å². The lowest BCUT2D eigenvalue weighted by Crippen LogP contribution is -2.38. The second kappa shape index (κ2) is 6.75. The maximum absolute atomic E-state index is 5.37. The van der Waals surface area contributed by atoms with Crippen LogP contribution in [-0.4, -0.2) is 24.5 Å². The van der Waals surface area contributed by atoms with Gasteiger partial charge in [-0.15, -0.1) is 0 Å². The van der Waals surface area contributed by atoms with Gasteiger partial charge in [0.25, 0.3) is 0 Å². The van der Waals surface area contributed by atoms with Crippen molar-refractivity contribution in [3.8, 4) is 11.8 Å². The maximum atomic E-state index is 5.37. The average Bonchev–Trinajstić information content (AvgIpc) is 2.36. The molecule has 0 saturated carbocycles. The number of rotatable bonds is 3. The van der Waals surface area contributed by atoms with Gasteiger partial charge in [0.2, 0.25) is 0 Å². The van der Waals surface area contributed by atoms with Gasteiger partial charge in [-0.2, -0.15) is 0 Å². The van der Waals surface area contributed by atoms with Crippen LogP contribution < -0.4 is 5.73 Å². The first-order valence-electron chi connectivity index (χ1n) is 6.82. The minimum absolute atomic E-state index is 0.293. The summed E-state index contributed by atoms with van der Waals surface area (Å²) in [5, 5.41) is 0. The van der Waals surface area contributed by atoms with Crippen molar-refractivity contribution in [3.63, 3.8) is 0 Å². The second-order valence-corrected chi connectivity index (χ2v) is 6.16. The quantitative estimate of drug-likeness (QED) is 0.845. The summed E-state index contributed by atoms with van der Waals surface area (Å²) in [5.41, 5.74) is 8.00. The molecule has 0 aliphatic carbocycles. The van der Waals surface area contributed by atoms with Crippen LogP contribution in [0.4, 0.5) is 0 Å². The van der Waals surface area contributed by atoms with Gasteiger partial charge in [-0.1, -0.05) is 44.7 Å². The summed E-state index contributed by atoms with van der Waals surface area (Å²) in [6.45, 7) is 10.5. The minimum Gasteiger partial charge on any atom is -0.320 e. The summed E-state index contributed by atoms with van der Waals surface area (Å²) in [6.07, 6.45) is 0. The van der Waals surface area contributed by atoms with Crippen molar-refractivity contribution in [1.29, 1.82) is 0 Å². The molecule has 104 valence electrons. The number of nitrogens with two attached hydrogens (primary N) is 1. The molecule has 0 aliphatic rings. The predicted octanol–water partition coefficient (Wildman–Crippen LogP) is 2.86. The fourth-order valence-electron chi connectivity index (χ4n) is 1.93. The Hall–Kier alpha value is -1.30. The number of hydrogen-bond donors (Lipinski definition) is 1. The minimum atomic E-state index is 0.293. The van der Waals surface area contributed by atoms with E-state index in [2.05, 4.69) is 75.7 Å². The normalized spacial score (nSPS) is 13.0.